The van der Waals surface area contributed by atoms with Gasteiger partial charge in [-0.15, -0.1) is 0 Å². The minimum atomic E-state index is -0.464. The molecule has 1 aromatic rings. The van der Waals surface area contributed by atoms with Gasteiger partial charge in [0, 0.05) is 5.56 Å². The predicted molar refractivity (Wildman–Crippen MR) is 45.2 cm³/mol. The average molecular weight is 166 g/mol. The van der Waals surface area contributed by atoms with Gasteiger partial charge < -0.3 is 5.48 Å². The monoisotopic (exact) mass is 166 g/mol. The Balaban J connectivity index is 0.00000121. The summed E-state index contributed by atoms with van der Waals surface area (Å²) in [6.45, 7) is 1.88. The van der Waals surface area contributed by atoms with Crippen molar-refractivity contribution in [2.45, 2.75) is 6.92 Å². The number of hydrogen-bond donors (Lipinski definition) is 0. The molecule has 0 unspecified atom stereocenters. The lowest BCUT2D eigenvalue weighted by molar-refractivity contribution is -0.104. The van der Waals surface area contributed by atoms with Crippen LogP contribution in [0, 0.1) is 6.92 Å². The third-order valence-corrected chi connectivity index (χ3v) is 1.41. The van der Waals surface area contributed by atoms with Crippen LogP contribution in [-0.2, 0) is 4.79 Å². The van der Waals surface area contributed by atoms with Crippen molar-refractivity contribution in [3.8, 4) is 0 Å². The molecule has 3 heteroatoms. The Morgan fingerprint density at radius 2 is 2.08 bits per heavy atom. The molecule has 0 saturated carbocycles. The number of benzene rings is 1. The summed E-state index contributed by atoms with van der Waals surface area (Å²) in [6, 6.07) is 6.95. The summed E-state index contributed by atoms with van der Waals surface area (Å²) < 4.78 is 0. The number of hydrogen-bond acceptors (Lipinski definition) is 2. The van der Waals surface area contributed by atoms with Gasteiger partial charge in [0.1, 0.15) is 0 Å². The molecule has 1 rings (SSSR count). The Bertz CT molecular complexity index is 292. The molecule has 0 amide bonds. The van der Waals surface area contributed by atoms with Crippen LogP contribution < -0.4 is 0 Å². The highest BCUT2D eigenvalue weighted by molar-refractivity contribution is 6.33. The maximum Gasteiger partial charge on any atom is 0.225 e. The van der Waals surface area contributed by atoms with Gasteiger partial charge in [0.25, 0.3) is 0 Å². The minimum absolute atomic E-state index is 0. The zero-order valence-corrected chi connectivity index (χ0v) is 6.70. The standard InChI is InChI=1S/C9H8O2.H2O/c1-7-3-2-4-8(5-7)9(11)6-10;/h2-6H,1H3;1H2. The van der Waals surface area contributed by atoms with Crippen molar-refractivity contribution in [3.63, 3.8) is 0 Å². The van der Waals surface area contributed by atoms with E-state index in [1.807, 2.05) is 13.0 Å². The van der Waals surface area contributed by atoms with E-state index in [2.05, 4.69) is 0 Å². The van der Waals surface area contributed by atoms with E-state index in [0.717, 1.165) is 5.56 Å². The van der Waals surface area contributed by atoms with Crippen LogP contribution in [0.5, 0.6) is 0 Å². The fraction of sp³-hybridized carbons (Fsp3) is 0.111. The van der Waals surface area contributed by atoms with Gasteiger partial charge in [-0.25, -0.2) is 0 Å². The van der Waals surface area contributed by atoms with Gasteiger partial charge in [0.2, 0.25) is 5.78 Å². The second-order valence-corrected chi connectivity index (χ2v) is 2.35. The van der Waals surface area contributed by atoms with Gasteiger partial charge in [-0.05, 0) is 13.0 Å². The van der Waals surface area contributed by atoms with Crippen molar-refractivity contribution >= 4 is 12.1 Å². The van der Waals surface area contributed by atoms with Gasteiger partial charge in [-0.2, -0.15) is 0 Å². The summed E-state index contributed by atoms with van der Waals surface area (Å²) in [6.07, 6.45) is 0.328. The van der Waals surface area contributed by atoms with E-state index in [0.29, 0.717) is 11.8 Å². The van der Waals surface area contributed by atoms with Crippen LogP contribution in [0.1, 0.15) is 15.9 Å². The molecule has 0 aliphatic heterocycles. The zero-order valence-electron chi connectivity index (χ0n) is 6.70. The highest BCUT2D eigenvalue weighted by Crippen LogP contribution is 2.03. The molecule has 0 saturated heterocycles. The lowest BCUT2D eigenvalue weighted by Crippen LogP contribution is -1.99. The molecular formula is C9H10O3. The number of rotatable bonds is 2. The van der Waals surface area contributed by atoms with E-state index in [4.69, 9.17) is 0 Å². The lowest BCUT2D eigenvalue weighted by Gasteiger charge is -1.94. The van der Waals surface area contributed by atoms with Crippen LogP contribution in [-0.4, -0.2) is 17.5 Å². The van der Waals surface area contributed by atoms with Crippen LogP contribution >= 0.6 is 0 Å². The van der Waals surface area contributed by atoms with Crippen LogP contribution in [0.3, 0.4) is 0 Å². The van der Waals surface area contributed by atoms with Crippen molar-refractivity contribution in [2.75, 3.05) is 0 Å². The smallest absolute Gasteiger partial charge is 0.225 e. The topological polar surface area (TPSA) is 65.6 Å². The molecule has 0 bridgehead atoms. The molecule has 3 nitrogen and oxygen atoms in total. The van der Waals surface area contributed by atoms with Gasteiger partial charge in [0.05, 0.1) is 0 Å². The Hall–Kier alpha value is -1.48. The first kappa shape index (κ1) is 10.5. The molecule has 0 fully saturated rings. The van der Waals surface area contributed by atoms with Crippen molar-refractivity contribution in [1.82, 2.24) is 0 Å². The first-order valence-electron chi connectivity index (χ1n) is 3.30. The molecule has 0 aliphatic carbocycles. The Labute approximate surface area is 70.3 Å². The zero-order chi connectivity index (χ0) is 8.27. The van der Waals surface area contributed by atoms with Crippen molar-refractivity contribution in [2.24, 2.45) is 0 Å². The molecule has 0 atom stereocenters. The number of carbonyl (C=O) groups is 2. The predicted octanol–water partition coefficient (Wildman–Crippen LogP) is 0.552. The highest BCUT2D eigenvalue weighted by atomic mass is 16.2. The molecule has 0 aliphatic rings. The van der Waals surface area contributed by atoms with Crippen molar-refractivity contribution in [3.05, 3.63) is 35.4 Å². The van der Waals surface area contributed by atoms with E-state index in [1.54, 1.807) is 18.2 Å². The van der Waals surface area contributed by atoms with Gasteiger partial charge in [-0.3, -0.25) is 9.59 Å². The SMILES string of the molecule is Cc1cccc(C(=O)C=O)c1.O. The lowest BCUT2D eigenvalue weighted by atomic mass is 10.1. The van der Waals surface area contributed by atoms with E-state index < -0.39 is 5.78 Å². The molecule has 0 spiro atoms. The molecule has 64 valence electrons. The van der Waals surface area contributed by atoms with Gasteiger partial charge >= 0.3 is 0 Å². The summed E-state index contributed by atoms with van der Waals surface area (Å²) in [5.74, 6) is -0.464. The number of aryl methyl sites for hydroxylation is 1. The molecule has 0 radical (unpaired) electrons. The first-order chi connectivity index (χ1) is 5.24. The van der Waals surface area contributed by atoms with Crippen LogP contribution in [0.15, 0.2) is 24.3 Å². The quantitative estimate of drug-likeness (QED) is 0.366. The Morgan fingerprint density at radius 1 is 1.42 bits per heavy atom. The summed E-state index contributed by atoms with van der Waals surface area (Å²) in [5.41, 5.74) is 1.44. The minimum Gasteiger partial charge on any atom is -0.412 e. The van der Waals surface area contributed by atoms with E-state index in [-0.39, 0.29) is 5.48 Å². The van der Waals surface area contributed by atoms with Crippen LogP contribution in [0.4, 0.5) is 0 Å². The summed E-state index contributed by atoms with van der Waals surface area (Å²) in [5, 5.41) is 0. The van der Waals surface area contributed by atoms with Crippen molar-refractivity contribution in [1.29, 1.82) is 0 Å². The molecule has 2 N–H and O–H groups in total. The summed E-state index contributed by atoms with van der Waals surface area (Å²) >= 11 is 0. The third kappa shape index (κ3) is 2.29. The van der Waals surface area contributed by atoms with E-state index in [9.17, 15) is 9.59 Å². The molecule has 1 aromatic carbocycles. The summed E-state index contributed by atoms with van der Waals surface area (Å²) in [7, 11) is 0. The number of Topliss-reactive ketones (excluding diaryl/α,β-unsaturated/α-hetero) is 1. The van der Waals surface area contributed by atoms with Crippen molar-refractivity contribution < 1.29 is 15.1 Å². The molecule has 12 heavy (non-hydrogen) atoms. The molecule has 0 aromatic heterocycles. The second-order valence-electron chi connectivity index (χ2n) is 2.35. The first-order valence-corrected chi connectivity index (χ1v) is 3.30. The molecular weight excluding hydrogens is 156 g/mol. The fourth-order valence-corrected chi connectivity index (χ4v) is 0.866. The second kappa shape index (κ2) is 4.41. The van der Waals surface area contributed by atoms with Crippen LogP contribution in [0.25, 0.3) is 0 Å². The molecule has 0 heterocycles. The third-order valence-electron chi connectivity index (χ3n) is 1.41. The number of carbonyl (C=O) groups excluding carboxylic acids is 2. The van der Waals surface area contributed by atoms with E-state index in [1.165, 1.54) is 0 Å². The Kier molecular flexibility index (Phi) is 3.86. The van der Waals surface area contributed by atoms with E-state index >= 15 is 0 Å². The number of aldehydes is 1. The Morgan fingerprint density at radius 3 is 2.58 bits per heavy atom. The largest absolute Gasteiger partial charge is 0.412 e. The van der Waals surface area contributed by atoms with Gasteiger partial charge in [-0.1, -0.05) is 23.8 Å². The van der Waals surface area contributed by atoms with Crippen LogP contribution in [0.2, 0.25) is 0 Å². The maximum absolute atomic E-state index is 10.8. The normalized spacial score (nSPS) is 8.42. The van der Waals surface area contributed by atoms with Gasteiger partial charge in [0.15, 0.2) is 6.29 Å². The fourth-order valence-electron chi connectivity index (χ4n) is 0.866. The highest BCUT2D eigenvalue weighted by Gasteiger charge is 2.01. The number of ketones is 1. The average Bonchev–Trinajstić information content (AvgIpc) is 2.03. The summed E-state index contributed by atoms with van der Waals surface area (Å²) in [4.78, 5) is 20.9. The maximum atomic E-state index is 10.8.